The SMILES string of the molecule is Cc1cccc(C(=O)N2[C@@H]3CC[C@H]2[C@H](Nc2ncc(C(F)(F)F)cc2F)C3)c1-n1nccn1. The molecule has 1 aromatic carbocycles. The molecule has 0 radical (unpaired) electrons. The van der Waals surface area contributed by atoms with E-state index >= 15 is 0 Å². The molecule has 3 aromatic rings. The summed E-state index contributed by atoms with van der Waals surface area (Å²) in [5.41, 5.74) is 0.755. The Labute approximate surface area is 186 Å². The van der Waals surface area contributed by atoms with E-state index in [4.69, 9.17) is 0 Å². The zero-order valence-corrected chi connectivity index (χ0v) is 17.6. The molecule has 1 N–H and O–H groups in total. The average Bonchev–Trinajstić information content (AvgIpc) is 3.50. The number of benzene rings is 1. The maximum Gasteiger partial charge on any atom is 0.417 e. The quantitative estimate of drug-likeness (QED) is 0.596. The van der Waals surface area contributed by atoms with Crippen LogP contribution in [0.2, 0.25) is 0 Å². The molecule has 2 aliphatic rings. The van der Waals surface area contributed by atoms with E-state index in [-0.39, 0.29) is 29.9 Å². The Morgan fingerprint density at radius 1 is 1.18 bits per heavy atom. The second-order valence-corrected chi connectivity index (χ2v) is 8.34. The van der Waals surface area contributed by atoms with Gasteiger partial charge in [-0.3, -0.25) is 4.79 Å². The molecule has 2 aliphatic heterocycles. The number of nitrogens with zero attached hydrogens (tertiary/aromatic N) is 5. The Hall–Kier alpha value is -3.50. The fourth-order valence-electron chi connectivity index (χ4n) is 4.90. The molecular weight excluding hydrogens is 440 g/mol. The van der Waals surface area contributed by atoms with Gasteiger partial charge in [0, 0.05) is 12.2 Å². The van der Waals surface area contributed by atoms with E-state index in [9.17, 15) is 22.4 Å². The molecule has 0 unspecified atom stereocenters. The van der Waals surface area contributed by atoms with Crippen LogP contribution >= 0.6 is 0 Å². The molecule has 2 fully saturated rings. The lowest BCUT2D eigenvalue weighted by Gasteiger charge is -2.26. The first kappa shape index (κ1) is 21.4. The van der Waals surface area contributed by atoms with Gasteiger partial charge in [-0.1, -0.05) is 12.1 Å². The number of nitrogens with one attached hydrogen (secondary N) is 1. The van der Waals surface area contributed by atoms with E-state index in [1.807, 2.05) is 13.0 Å². The van der Waals surface area contributed by atoms with Crippen LogP contribution in [0.15, 0.2) is 42.9 Å². The molecule has 4 heterocycles. The van der Waals surface area contributed by atoms with Crippen LogP contribution < -0.4 is 5.32 Å². The van der Waals surface area contributed by atoms with Gasteiger partial charge in [-0.05, 0) is 43.9 Å². The summed E-state index contributed by atoms with van der Waals surface area (Å²) in [6, 6.07) is 5.22. The third kappa shape index (κ3) is 3.70. The first-order chi connectivity index (χ1) is 15.7. The lowest BCUT2D eigenvalue weighted by Crippen LogP contribution is -2.40. The highest BCUT2D eigenvalue weighted by molar-refractivity contribution is 5.99. The molecule has 7 nitrogen and oxygen atoms in total. The number of halogens is 4. The van der Waals surface area contributed by atoms with E-state index in [2.05, 4.69) is 20.5 Å². The molecule has 172 valence electrons. The minimum absolute atomic E-state index is 0.0588. The first-order valence-corrected chi connectivity index (χ1v) is 10.5. The van der Waals surface area contributed by atoms with Crippen molar-refractivity contribution >= 4 is 11.7 Å². The van der Waals surface area contributed by atoms with Gasteiger partial charge in [0.2, 0.25) is 0 Å². The number of carbonyl (C=O) groups is 1. The van der Waals surface area contributed by atoms with Gasteiger partial charge in [-0.25, -0.2) is 9.37 Å². The second kappa shape index (κ2) is 7.82. The summed E-state index contributed by atoms with van der Waals surface area (Å²) in [5.74, 6) is -1.50. The Bertz CT molecular complexity index is 1200. The van der Waals surface area contributed by atoms with Crippen LogP contribution in [0.25, 0.3) is 5.69 Å². The summed E-state index contributed by atoms with van der Waals surface area (Å²) in [7, 11) is 0. The molecule has 2 saturated heterocycles. The Morgan fingerprint density at radius 3 is 2.64 bits per heavy atom. The van der Waals surface area contributed by atoms with Crippen LogP contribution in [0, 0.1) is 12.7 Å². The van der Waals surface area contributed by atoms with Gasteiger partial charge in [0.25, 0.3) is 5.91 Å². The number of hydrogen-bond donors (Lipinski definition) is 1. The summed E-state index contributed by atoms with van der Waals surface area (Å²) in [5, 5.41) is 11.3. The molecule has 2 bridgehead atoms. The summed E-state index contributed by atoms with van der Waals surface area (Å²) in [6.07, 6.45) is 1.07. The van der Waals surface area contributed by atoms with Crippen molar-refractivity contribution in [1.29, 1.82) is 0 Å². The van der Waals surface area contributed by atoms with Gasteiger partial charge in [-0.2, -0.15) is 28.2 Å². The lowest BCUT2D eigenvalue weighted by atomic mass is 9.95. The van der Waals surface area contributed by atoms with Gasteiger partial charge in [0.15, 0.2) is 11.6 Å². The number of para-hydroxylation sites is 1. The minimum atomic E-state index is -4.67. The third-order valence-electron chi connectivity index (χ3n) is 6.35. The number of aromatic nitrogens is 4. The van der Waals surface area contributed by atoms with Crippen molar-refractivity contribution in [3.8, 4) is 5.69 Å². The summed E-state index contributed by atoms with van der Waals surface area (Å²) >= 11 is 0. The molecule has 33 heavy (non-hydrogen) atoms. The molecule has 5 rings (SSSR count). The van der Waals surface area contributed by atoms with Crippen LogP contribution in [-0.2, 0) is 6.18 Å². The highest BCUT2D eigenvalue weighted by Gasteiger charge is 2.49. The van der Waals surface area contributed by atoms with Crippen molar-refractivity contribution in [2.75, 3.05) is 5.32 Å². The average molecular weight is 460 g/mol. The van der Waals surface area contributed by atoms with Crippen molar-refractivity contribution in [3.05, 3.63) is 65.4 Å². The minimum Gasteiger partial charge on any atom is -0.363 e. The number of fused-ring (bicyclic) bond motifs is 2. The third-order valence-corrected chi connectivity index (χ3v) is 6.35. The molecule has 0 saturated carbocycles. The molecule has 2 aromatic heterocycles. The highest BCUT2D eigenvalue weighted by atomic mass is 19.4. The van der Waals surface area contributed by atoms with Gasteiger partial charge in [0.05, 0.1) is 35.6 Å². The number of carbonyl (C=O) groups excluding carboxylic acids is 1. The maximum atomic E-state index is 14.3. The largest absolute Gasteiger partial charge is 0.417 e. The van der Waals surface area contributed by atoms with Crippen molar-refractivity contribution in [3.63, 3.8) is 0 Å². The molecule has 3 atom stereocenters. The number of aryl methyl sites for hydroxylation is 1. The number of anilines is 1. The van der Waals surface area contributed by atoms with E-state index < -0.39 is 17.6 Å². The number of pyridine rings is 1. The zero-order valence-electron chi connectivity index (χ0n) is 17.6. The fourth-order valence-corrected chi connectivity index (χ4v) is 4.90. The second-order valence-electron chi connectivity index (χ2n) is 8.34. The molecule has 11 heteroatoms. The Morgan fingerprint density at radius 2 is 1.94 bits per heavy atom. The first-order valence-electron chi connectivity index (χ1n) is 10.5. The topological polar surface area (TPSA) is 75.9 Å². The van der Waals surface area contributed by atoms with E-state index in [1.54, 1.807) is 17.0 Å². The van der Waals surface area contributed by atoms with Gasteiger partial charge in [0.1, 0.15) is 5.69 Å². The Kier molecular flexibility index (Phi) is 5.06. The molecular formula is C22H20F4N6O. The van der Waals surface area contributed by atoms with E-state index in [1.165, 1.54) is 17.2 Å². The molecule has 0 spiro atoms. The van der Waals surface area contributed by atoms with E-state index in [0.29, 0.717) is 36.4 Å². The van der Waals surface area contributed by atoms with Crippen LogP contribution in [0.5, 0.6) is 0 Å². The van der Waals surface area contributed by atoms with Crippen LogP contribution in [0.3, 0.4) is 0 Å². The van der Waals surface area contributed by atoms with Crippen molar-refractivity contribution in [2.24, 2.45) is 0 Å². The van der Waals surface area contributed by atoms with Crippen LogP contribution in [-0.4, -0.2) is 48.9 Å². The Balaban J connectivity index is 1.40. The number of amides is 1. The van der Waals surface area contributed by atoms with Crippen molar-refractivity contribution in [2.45, 2.75) is 50.5 Å². The predicted octanol–water partition coefficient (Wildman–Crippen LogP) is 3.99. The summed E-state index contributed by atoms with van der Waals surface area (Å²) in [6.45, 7) is 1.87. The summed E-state index contributed by atoms with van der Waals surface area (Å²) < 4.78 is 52.8. The number of hydrogen-bond acceptors (Lipinski definition) is 5. The number of rotatable bonds is 4. The van der Waals surface area contributed by atoms with Crippen LogP contribution in [0.4, 0.5) is 23.4 Å². The monoisotopic (exact) mass is 460 g/mol. The van der Waals surface area contributed by atoms with Gasteiger partial charge < -0.3 is 10.2 Å². The normalized spacial score (nSPS) is 22.1. The summed E-state index contributed by atoms with van der Waals surface area (Å²) in [4.78, 5) is 20.5. The fraction of sp³-hybridized carbons (Fsp3) is 0.364. The highest BCUT2D eigenvalue weighted by Crippen LogP contribution is 2.41. The number of alkyl halides is 3. The maximum absolute atomic E-state index is 14.3. The van der Waals surface area contributed by atoms with Crippen LogP contribution in [0.1, 0.15) is 40.7 Å². The standard InChI is InChI=1S/C22H20F4N6O/c1-12-3-2-4-15(19(12)32-28-7-8-29-32)21(33)31-14-5-6-18(31)17(10-14)30-20-16(23)9-13(11-27-20)22(24,25)26/h2-4,7-9,11,14,17-18H,5-6,10H2,1H3,(H,27,30)/t14-,17-,18+/m1/s1. The predicted molar refractivity (Wildman–Crippen MR) is 110 cm³/mol. The molecule has 0 aliphatic carbocycles. The molecule has 1 amide bonds. The van der Waals surface area contributed by atoms with Gasteiger partial charge in [-0.15, -0.1) is 0 Å². The van der Waals surface area contributed by atoms with E-state index in [0.717, 1.165) is 12.0 Å². The smallest absolute Gasteiger partial charge is 0.363 e. The van der Waals surface area contributed by atoms with Crippen molar-refractivity contribution < 1.29 is 22.4 Å². The van der Waals surface area contributed by atoms with Crippen molar-refractivity contribution in [1.82, 2.24) is 24.9 Å². The van der Waals surface area contributed by atoms with Gasteiger partial charge >= 0.3 is 6.18 Å². The zero-order chi connectivity index (χ0) is 23.3. The lowest BCUT2D eigenvalue weighted by molar-refractivity contribution is -0.138.